The maximum Gasteiger partial charge on any atom is 0.240 e. The number of nitrogens with one attached hydrogen (secondary N) is 2. The number of benzene rings is 2. The fourth-order valence-corrected chi connectivity index (χ4v) is 4.51. The van der Waals surface area contributed by atoms with Gasteiger partial charge in [-0.1, -0.05) is 25.0 Å². The molecule has 0 saturated heterocycles. The maximum atomic E-state index is 13.4. The van der Waals surface area contributed by atoms with E-state index in [0.717, 1.165) is 42.6 Å². The molecule has 0 atom stereocenters. The van der Waals surface area contributed by atoms with Gasteiger partial charge >= 0.3 is 0 Å². The van der Waals surface area contributed by atoms with Crippen molar-refractivity contribution in [3.8, 4) is 17.1 Å². The third-order valence-corrected chi connectivity index (χ3v) is 6.36. The Hall–Kier alpha value is -3.00. The molecule has 162 valence electrons. The number of rotatable bonds is 7. The molecule has 0 unspecified atom stereocenters. The number of nitrogens with zero attached hydrogens (tertiary/aromatic N) is 2. The number of aromatic nitrogens is 3. The summed E-state index contributed by atoms with van der Waals surface area (Å²) >= 11 is 5.35. The molecule has 8 heteroatoms. The van der Waals surface area contributed by atoms with Crippen molar-refractivity contribution in [1.29, 1.82) is 0 Å². The first-order valence-corrected chi connectivity index (χ1v) is 10.7. The van der Waals surface area contributed by atoms with Gasteiger partial charge in [-0.3, -0.25) is 14.5 Å². The van der Waals surface area contributed by atoms with E-state index < -0.39 is 0 Å². The van der Waals surface area contributed by atoms with Gasteiger partial charge in [0.05, 0.1) is 7.11 Å². The fraction of sp³-hybridized carbons (Fsp3) is 0.348. The average molecular weight is 441 g/mol. The van der Waals surface area contributed by atoms with E-state index in [0.29, 0.717) is 17.1 Å². The number of hydrogen-bond acceptors (Lipinski definition) is 4. The lowest BCUT2D eigenvalue weighted by Gasteiger charge is -2.30. The smallest absolute Gasteiger partial charge is 0.240 e. The van der Waals surface area contributed by atoms with Gasteiger partial charge in [0.15, 0.2) is 10.6 Å². The molecule has 2 aromatic carbocycles. The van der Waals surface area contributed by atoms with E-state index in [4.69, 9.17) is 17.0 Å². The lowest BCUT2D eigenvalue weighted by molar-refractivity contribution is -0.121. The third-order valence-electron chi connectivity index (χ3n) is 6.05. The van der Waals surface area contributed by atoms with Crippen molar-refractivity contribution in [3.63, 3.8) is 0 Å². The second-order valence-corrected chi connectivity index (χ2v) is 8.32. The van der Waals surface area contributed by atoms with E-state index in [1.54, 1.807) is 11.7 Å². The van der Waals surface area contributed by atoms with Gasteiger partial charge in [0, 0.05) is 17.5 Å². The van der Waals surface area contributed by atoms with Crippen molar-refractivity contribution in [3.05, 3.63) is 64.7 Å². The second-order valence-electron chi connectivity index (χ2n) is 7.94. The average Bonchev–Trinajstić information content (AvgIpc) is 3.41. The summed E-state index contributed by atoms with van der Waals surface area (Å²) < 4.78 is 20.7. The minimum atomic E-state index is -0.249. The van der Waals surface area contributed by atoms with Crippen molar-refractivity contribution in [1.82, 2.24) is 20.1 Å². The van der Waals surface area contributed by atoms with Crippen LogP contribution in [0.25, 0.3) is 11.4 Å². The molecule has 1 aliphatic rings. The minimum absolute atomic E-state index is 0.0657. The van der Waals surface area contributed by atoms with Crippen LogP contribution in [0.15, 0.2) is 48.5 Å². The van der Waals surface area contributed by atoms with Gasteiger partial charge < -0.3 is 10.1 Å². The predicted molar refractivity (Wildman–Crippen MR) is 119 cm³/mol. The van der Waals surface area contributed by atoms with E-state index in [2.05, 4.69) is 15.5 Å². The normalized spacial score (nSPS) is 15.0. The first-order valence-electron chi connectivity index (χ1n) is 10.3. The van der Waals surface area contributed by atoms with Crippen LogP contribution >= 0.6 is 12.2 Å². The molecular weight excluding hydrogens is 415 g/mol. The number of hydrogen-bond donors (Lipinski definition) is 2. The van der Waals surface area contributed by atoms with Crippen LogP contribution in [0.5, 0.6) is 5.75 Å². The van der Waals surface area contributed by atoms with E-state index in [9.17, 15) is 9.18 Å². The number of aromatic amines is 1. The summed E-state index contributed by atoms with van der Waals surface area (Å²) in [5.74, 6) is 0.948. The summed E-state index contributed by atoms with van der Waals surface area (Å²) in [6, 6.07) is 14.1. The Morgan fingerprint density at radius 3 is 2.52 bits per heavy atom. The molecule has 1 heterocycles. The van der Waals surface area contributed by atoms with Crippen LogP contribution in [0.4, 0.5) is 4.39 Å². The number of H-pyrrole nitrogens is 1. The second kappa shape index (κ2) is 9.01. The highest BCUT2D eigenvalue weighted by Gasteiger charge is 2.36. The highest BCUT2D eigenvalue weighted by Crippen LogP contribution is 2.40. The zero-order chi connectivity index (χ0) is 21.8. The highest BCUT2D eigenvalue weighted by atomic mass is 32.1. The zero-order valence-electron chi connectivity index (χ0n) is 17.4. The van der Waals surface area contributed by atoms with E-state index in [-0.39, 0.29) is 23.7 Å². The molecule has 31 heavy (non-hydrogen) atoms. The maximum absolute atomic E-state index is 13.4. The van der Waals surface area contributed by atoms with E-state index >= 15 is 0 Å². The zero-order valence-corrected chi connectivity index (χ0v) is 18.2. The van der Waals surface area contributed by atoms with Crippen molar-refractivity contribution in [2.45, 2.75) is 37.6 Å². The fourth-order valence-electron chi connectivity index (χ4n) is 4.31. The topological polar surface area (TPSA) is 71.9 Å². The number of methoxy groups -OCH3 is 1. The molecule has 4 rings (SSSR count). The van der Waals surface area contributed by atoms with Crippen molar-refractivity contribution >= 4 is 18.1 Å². The summed E-state index contributed by atoms with van der Waals surface area (Å²) in [6.07, 6.45) is 4.14. The number of carbonyl (C=O) groups is 1. The van der Waals surface area contributed by atoms with Crippen LogP contribution in [0, 0.1) is 10.6 Å². The molecule has 2 N–H and O–H groups in total. The van der Waals surface area contributed by atoms with Gasteiger partial charge in [-0.05, 0) is 67.0 Å². The van der Waals surface area contributed by atoms with Crippen molar-refractivity contribution < 1.29 is 13.9 Å². The number of carbonyl (C=O) groups excluding carboxylic acids is 1. The molecular formula is C23H25FN4O2S. The van der Waals surface area contributed by atoms with E-state index in [1.807, 2.05) is 36.4 Å². The summed E-state index contributed by atoms with van der Waals surface area (Å²) in [5.41, 5.74) is 1.75. The highest BCUT2D eigenvalue weighted by molar-refractivity contribution is 7.71. The molecule has 0 bridgehead atoms. The van der Waals surface area contributed by atoms with Crippen LogP contribution in [-0.4, -0.2) is 34.3 Å². The molecule has 1 fully saturated rings. The first kappa shape index (κ1) is 21.2. The van der Waals surface area contributed by atoms with Gasteiger partial charge in [0.25, 0.3) is 0 Å². The van der Waals surface area contributed by atoms with Gasteiger partial charge in [-0.15, -0.1) is 0 Å². The molecule has 1 saturated carbocycles. The number of amides is 1. The largest absolute Gasteiger partial charge is 0.497 e. The van der Waals surface area contributed by atoms with Crippen molar-refractivity contribution in [2.24, 2.45) is 0 Å². The summed E-state index contributed by atoms with van der Waals surface area (Å²) in [6.45, 7) is 0.580. The summed E-state index contributed by atoms with van der Waals surface area (Å²) in [7, 11) is 1.61. The monoisotopic (exact) mass is 440 g/mol. The predicted octanol–water partition coefficient (Wildman–Crippen LogP) is 4.38. The van der Waals surface area contributed by atoms with Crippen LogP contribution in [0.3, 0.4) is 0 Å². The van der Waals surface area contributed by atoms with Crippen LogP contribution in [0.2, 0.25) is 0 Å². The Kier molecular flexibility index (Phi) is 6.18. The molecule has 3 aromatic rings. The van der Waals surface area contributed by atoms with Gasteiger partial charge in [0.2, 0.25) is 5.91 Å². The van der Waals surface area contributed by atoms with Crippen molar-refractivity contribution in [2.75, 3.05) is 13.7 Å². The summed E-state index contributed by atoms with van der Waals surface area (Å²) in [4.78, 5) is 12.8. The molecule has 6 nitrogen and oxygen atoms in total. The summed E-state index contributed by atoms with van der Waals surface area (Å²) in [5, 5.41) is 10.1. The molecule has 1 amide bonds. The Balaban J connectivity index is 1.48. The van der Waals surface area contributed by atoms with Crippen LogP contribution in [0.1, 0.15) is 31.2 Å². The molecule has 0 radical (unpaired) electrons. The quantitative estimate of drug-likeness (QED) is 0.535. The van der Waals surface area contributed by atoms with Gasteiger partial charge in [0.1, 0.15) is 18.1 Å². The Bertz CT molecular complexity index is 1100. The first-order chi connectivity index (χ1) is 15.0. The Morgan fingerprint density at radius 2 is 1.87 bits per heavy atom. The SMILES string of the molecule is COc1ccc(-c2n[nH]c(=S)n2CC(=O)NCC2(c3ccc(F)cc3)CCCC2)cc1. The van der Waals surface area contributed by atoms with Crippen LogP contribution < -0.4 is 10.1 Å². The van der Waals surface area contributed by atoms with Crippen LogP contribution in [-0.2, 0) is 16.8 Å². The lowest BCUT2D eigenvalue weighted by atomic mass is 9.79. The standard InChI is InChI=1S/C23H25FN4O2S/c1-30-19-10-4-16(5-11-19)21-26-27-22(31)28(21)14-20(29)25-15-23(12-2-3-13-23)17-6-8-18(24)9-7-17/h4-11H,2-3,12-15H2,1H3,(H,25,29)(H,27,31). The molecule has 0 spiro atoms. The minimum Gasteiger partial charge on any atom is -0.497 e. The molecule has 0 aliphatic heterocycles. The lowest BCUT2D eigenvalue weighted by Crippen LogP contribution is -2.40. The van der Waals surface area contributed by atoms with Gasteiger partial charge in [-0.25, -0.2) is 4.39 Å². The van der Waals surface area contributed by atoms with Gasteiger partial charge in [-0.2, -0.15) is 5.10 Å². The molecule has 1 aliphatic carbocycles. The number of halogens is 1. The third kappa shape index (κ3) is 4.54. The van der Waals surface area contributed by atoms with E-state index in [1.165, 1.54) is 12.1 Å². The number of ether oxygens (including phenoxy) is 1. The molecule has 1 aromatic heterocycles. The Labute approximate surface area is 185 Å². The Morgan fingerprint density at radius 1 is 1.19 bits per heavy atom.